The number of nitriles is 1. The summed E-state index contributed by atoms with van der Waals surface area (Å²) in [5, 5.41) is 11.8. The highest BCUT2D eigenvalue weighted by atomic mass is 16.5. The third kappa shape index (κ3) is 4.09. The Balaban J connectivity index is 1.39. The SMILES string of the molecule is Cn1cccc1C1CCCN1C(=O)Nc1ccc(Oc2ccc(C#N)cc2)cc1. The number of aromatic nitrogens is 1. The molecule has 1 unspecified atom stereocenters. The third-order valence-corrected chi connectivity index (χ3v) is 5.16. The summed E-state index contributed by atoms with van der Waals surface area (Å²) in [5.41, 5.74) is 2.47. The number of rotatable bonds is 4. The van der Waals surface area contributed by atoms with Crippen molar-refractivity contribution in [3.8, 4) is 17.6 Å². The van der Waals surface area contributed by atoms with Gasteiger partial charge < -0.3 is 19.5 Å². The quantitative estimate of drug-likeness (QED) is 0.681. The molecule has 1 fully saturated rings. The monoisotopic (exact) mass is 386 g/mol. The van der Waals surface area contributed by atoms with Crippen LogP contribution < -0.4 is 10.1 Å². The van der Waals surface area contributed by atoms with E-state index in [1.54, 1.807) is 24.3 Å². The van der Waals surface area contributed by atoms with Crippen LogP contribution in [-0.4, -0.2) is 22.0 Å². The average Bonchev–Trinajstić information content (AvgIpc) is 3.38. The molecule has 29 heavy (non-hydrogen) atoms. The lowest BCUT2D eigenvalue weighted by molar-refractivity contribution is 0.205. The summed E-state index contributed by atoms with van der Waals surface area (Å²) in [6.45, 7) is 0.752. The Morgan fingerprint density at radius 1 is 1.10 bits per heavy atom. The number of amides is 2. The standard InChI is InChI=1S/C23H22N4O2/c1-26-14-2-4-21(26)22-5-3-15-27(22)23(28)25-18-8-12-20(13-9-18)29-19-10-6-17(16-24)7-11-19/h2,4,6-14,22H,3,5,15H2,1H3,(H,25,28). The Kier molecular flexibility index (Phi) is 5.21. The van der Waals surface area contributed by atoms with Crippen molar-refractivity contribution in [1.29, 1.82) is 5.26 Å². The number of hydrogen-bond donors (Lipinski definition) is 1. The van der Waals surface area contributed by atoms with Gasteiger partial charge in [0.05, 0.1) is 17.7 Å². The number of carbonyl (C=O) groups is 1. The summed E-state index contributed by atoms with van der Waals surface area (Å²) in [6.07, 6.45) is 3.99. The van der Waals surface area contributed by atoms with Gasteiger partial charge in [0.1, 0.15) is 11.5 Å². The Hall–Kier alpha value is -3.72. The molecule has 1 aliphatic rings. The molecule has 6 heteroatoms. The van der Waals surface area contributed by atoms with E-state index in [-0.39, 0.29) is 12.1 Å². The van der Waals surface area contributed by atoms with Crippen LogP contribution in [0.2, 0.25) is 0 Å². The maximum atomic E-state index is 12.8. The van der Waals surface area contributed by atoms with Crippen LogP contribution in [0.5, 0.6) is 11.5 Å². The molecule has 1 atom stereocenters. The number of benzene rings is 2. The molecule has 0 aliphatic carbocycles. The topological polar surface area (TPSA) is 70.3 Å². The normalized spacial score (nSPS) is 15.7. The van der Waals surface area contributed by atoms with E-state index in [0.717, 1.165) is 30.8 Å². The zero-order chi connectivity index (χ0) is 20.2. The van der Waals surface area contributed by atoms with Crippen LogP contribution in [-0.2, 0) is 7.05 Å². The summed E-state index contributed by atoms with van der Waals surface area (Å²) in [5.74, 6) is 1.32. The maximum Gasteiger partial charge on any atom is 0.322 e. The number of hydrogen-bond acceptors (Lipinski definition) is 3. The Bertz CT molecular complexity index is 1030. The highest BCUT2D eigenvalue weighted by molar-refractivity contribution is 5.89. The van der Waals surface area contributed by atoms with Crippen molar-refractivity contribution in [2.75, 3.05) is 11.9 Å². The molecular weight excluding hydrogens is 364 g/mol. The highest BCUT2D eigenvalue weighted by Gasteiger charge is 2.31. The molecule has 3 aromatic rings. The van der Waals surface area contributed by atoms with Crippen LogP contribution in [0, 0.1) is 11.3 Å². The summed E-state index contributed by atoms with van der Waals surface area (Å²) < 4.78 is 7.86. The lowest BCUT2D eigenvalue weighted by Gasteiger charge is -2.25. The van der Waals surface area contributed by atoms with Gasteiger partial charge in [0.25, 0.3) is 0 Å². The van der Waals surface area contributed by atoms with Gasteiger partial charge in [0.15, 0.2) is 0 Å². The molecule has 2 amide bonds. The molecule has 1 N–H and O–H groups in total. The first-order chi connectivity index (χ1) is 14.1. The number of likely N-dealkylation sites (tertiary alicyclic amines) is 1. The molecule has 4 rings (SSSR count). The van der Waals surface area contributed by atoms with Crippen molar-refractivity contribution in [3.05, 3.63) is 78.1 Å². The summed E-state index contributed by atoms with van der Waals surface area (Å²) in [4.78, 5) is 14.7. The fourth-order valence-electron chi connectivity index (χ4n) is 3.67. The number of nitrogens with one attached hydrogen (secondary N) is 1. The first-order valence-corrected chi connectivity index (χ1v) is 9.61. The molecule has 1 saturated heterocycles. The van der Waals surface area contributed by atoms with E-state index in [4.69, 9.17) is 10.00 Å². The van der Waals surface area contributed by atoms with E-state index in [1.165, 1.54) is 0 Å². The van der Waals surface area contributed by atoms with E-state index in [0.29, 0.717) is 17.1 Å². The molecular formula is C23H22N4O2. The maximum absolute atomic E-state index is 12.8. The number of urea groups is 1. The minimum absolute atomic E-state index is 0.0885. The second-order valence-electron chi connectivity index (χ2n) is 7.09. The molecule has 146 valence electrons. The fourth-order valence-corrected chi connectivity index (χ4v) is 3.67. The van der Waals surface area contributed by atoms with Gasteiger partial charge in [0.2, 0.25) is 0 Å². The summed E-state index contributed by atoms with van der Waals surface area (Å²) in [6, 6.07) is 20.4. The van der Waals surface area contributed by atoms with Gasteiger partial charge in [-0.15, -0.1) is 0 Å². The molecule has 2 aromatic carbocycles. The van der Waals surface area contributed by atoms with Crippen LogP contribution in [0.15, 0.2) is 66.9 Å². The van der Waals surface area contributed by atoms with Gasteiger partial charge in [-0.2, -0.15) is 5.26 Å². The molecule has 2 heterocycles. The van der Waals surface area contributed by atoms with Gasteiger partial charge in [-0.25, -0.2) is 4.79 Å². The zero-order valence-corrected chi connectivity index (χ0v) is 16.2. The van der Waals surface area contributed by atoms with Crippen molar-refractivity contribution in [1.82, 2.24) is 9.47 Å². The number of nitrogens with zero attached hydrogens (tertiary/aromatic N) is 3. The largest absolute Gasteiger partial charge is 0.457 e. The van der Waals surface area contributed by atoms with E-state index >= 15 is 0 Å². The Morgan fingerprint density at radius 2 is 1.79 bits per heavy atom. The van der Waals surface area contributed by atoms with E-state index in [1.807, 2.05) is 48.5 Å². The molecule has 0 spiro atoms. The molecule has 0 saturated carbocycles. The molecule has 1 aliphatic heterocycles. The van der Waals surface area contributed by atoms with E-state index in [9.17, 15) is 4.79 Å². The summed E-state index contributed by atoms with van der Waals surface area (Å²) in [7, 11) is 2.01. The van der Waals surface area contributed by atoms with Gasteiger partial charge in [0, 0.05) is 31.2 Å². The van der Waals surface area contributed by atoms with E-state index < -0.39 is 0 Å². The smallest absolute Gasteiger partial charge is 0.322 e. The fraction of sp³-hybridized carbons (Fsp3) is 0.217. The Morgan fingerprint density at radius 3 is 2.41 bits per heavy atom. The van der Waals surface area contributed by atoms with Gasteiger partial charge in [-0.3, -0.25) is 0 Å². The predicted octanol–water partition coefficient (Wildman–Crippen LogP) is 5.06. The van der Waals surface area contributed by atoms with Crippen LogP contribution in [0.25, 0.3) is 0 Å². The third-order valence-electron chi connectivity index (χ3n) is 5.16. The van der Waals surface area contributed by atoms with Gasteiger partial charge >= 0.3 is 6.03 Å². The zero-order valence-electron chi connectivity index (χ0n) is 16.2. The Labute approximate surface area is 169 Å². The number of aryl methyl sites for hydroxylation is 1. The first kappa shape index (κ1) is 18.6. The molecule has 0 bridgehead atoms. The summed E-state index contributed by atoms with van der Waals surface area (Å²) >= 11 is 0. The molecule has 1 aromatic heterocycles. The number of ether oxygens (including phenoxy) is 1. The van der Waals surface area contributed by atoms with Crippen molar-refractivity contribution in [2.24, 2.45) is 7.05 Å². The minimum Gasteiger partial charge on any atom is -0.457 e. The second-order valence-corrected chi connectivity index (χ2v) is 7.09. The lowest BCUT2D eigenvalue weighted by atomic mass is 10.1. The van der Waals surface area contributed by atoms with Crippen molar-refractivity contribution in [3.63, 3.8) is 0 Å². The van der Waals surface area contributed by atoms with Gasteiger partial charge in [-0.05, 0) is 73.5 Å². The number of carbonyl (C=O) groups excluding carboxylic acids is 1. The van der Waals surface area contributed by atoms with Crippen LogP contribution >= 0.6 is 0 Å². The predicted molar refractivity (Wildman–Crippen MR) is 111 cm³/mol. The van der Waals surface area contributed by atoms with Crippen LogP contribution in [0.3, 0.4) is 0 Å². The van der Waals surface area contributed by atoms with E-state index in [2.05, 4.69) is 22.0 Å². The molecule has 6 nitrogen and oxygen atoms in total. The second kappa shape index (κ2) is 8.11. The minimum atomic E-state index is -0.0885. The van der Waals surface area contributed by atoms with Crippen molar-refractivity contribution >= 4 is 11.7 Å². The van der Waals surface area contributed by atoms with Crippen molar-refractivity contribution < 1.29 is 9.53 Å². The van der Waals surface area contributed by atoms with Gasteiger partial charge in [-0.1, -0.05) is 0 Å². The lowest BCUT2D eigenvalue weighted by Crippen LogP contribution is -2.35. The number of anilines is 1. The van der Waals surface area contributed by atoms with Crippen LogP contribution in [0.4, 0.5) is 10.5 Å². The highest BCUT2D eigenvalue weighted by Crippen LogP contribution is 2.32. The van der Waals surface area contributed by atoms with Crippen molar-refractivity contribution in [2.45, 2.75) is 18.9 Å². The average molecular weight is 386 g/mol. The first-order valence-electron chi connectivity index (χ1n) is 9.61. The van der Waals surface area contributed by atoms with Crippen LogP contribution in [0.1, 0.15) is 30.1 Å². The molecule has 0 radical (unpaired) electrons.